The molecule has 27 heavy (non-hydrogen) atoms. The molecule has 1 fully saturated rings. The maximum absolute atomic E-state index is 14.3. The quantitative estimate of drug-likeness (QED) is 0.892. The van der Waals surface area contributed by atoms with Crippen LogP contribution in [0.25, 0.3) is 0 Å². The average Bonchev–Trinajstić information content (AvgIpc) is 2.63. The molecule has 0 bridgehead atoms. The molecule has 1 heterocycles. The van der Waals surface area contributed by atoms with Crippen molar-refractivity contribution in [2.75, 3.05) is 13.2 Å². The van der Waals surface area contributed by atoms with Crippen molar-refractivity contribution in [2.24, 2.45) is 0 Å². The van der Waals surface area contributed by atoms with Crippen LogP contribution in [0.2, 0.25) is 0 Å². The van der Waals surface area contributed by atoms with E-state index in [2.05, 4.69) is 0 Å². The number of aryl methyl sites for hydroxylation is 2. The zero-order chi connectivity index (χ0) is 19.7. The second-order valence-corrected chi connectivity index (χ2v) is 6.99. The molecule has 1 saturated heterocycles. The number of halogens is 1. The molecule has 1 amide bonds. The molecular weight excluding hydrogens is 349 g/mol. The number of benzene rings is 2. The summed E-state index contributed by atoms with van der Waals surface area (Å²) in [5.41, 5.74) is 2.87. The first-order valence-electron chi connectivity index (χ1n) is 8.80. The van der Waals surface area contributed by atoms with Gasteiger partial charge in [-0.2, -0.15) is 0 Å². The molecule has 1 aliphatic rings. The van der Waals surface area contributed by atoms with Crippen molar-refractivity contribution in [1.82, 2.24) is 4.90 Å². The third-order valence-corrected chi connectivity index (χ3v) is 4.92. The normalized spacial score (nSPS) is 19.8. The van der Waals surface area contributed by atoms with Gasteiger partial charge in [0.05, 0.1) is 30.3 Å². The first kappa shape index (κ1) is 19.0. The van der Waals surface area contributed by atoms with E-state index in [4.69, 9.17) is 9.84 Å². The van der Waals surface area contributed by atoms with E-state index >= 15 is 0 Å². The number of rotatable bonds is 3. The fourth-order valence-corrected chi connectivity index (χ4v) is 3.31. The molecule has 6 heteroatoms. The number of carbonyl (C=O) groups is 2. The van der Waals surface area contributed by atoms with Crippen molar-refractivity contribution >= 4 is 11.9 Å². The number of aromatic carboxylic acids is 1. The smallest absolute Gasteiger partial charge is 0.335 e. The Kier molecular flexibility index (Phi) is 5.28. The highest BCUT2D eigenvalue weighted by Crippen LogP contribution is 2.29. The van der Waals surface area contributed by atoms with Crippen molar-refractivity contribution < 1.29 is 23.8 Å². The lowest BCUT2D eigenvalue weighted by Crippen LogP contribution is -2.48. The second kappa shape index (κ2) is 7.48. The molecule has 2 atom stereocenters. The van der Waals surface area contributed by atoms with Gasteiger partial charge in [0.25, 0.3) is 5.91 Å². The molecule has 0 aromatic heterocycles. The van der Waals surface area contributed by atoms with Gasteiger partial charge >= 0.3 is 5.97 Å². The maximum atomic E-state index is 14.3. The molecule has 2 aromatic carbocycles. The Morgan fingerprint density at radius 2 is 1.93 bits per heavy atom. The van der Waals surface area contributed by atoms with Crippen LogP contribution in [-0.4, -0.2) is 41.1 Å². The molecule has 0 radical (unpaired) electrons. The third kappa shape index (κ3) is 3.85. The third-order valence-electron chi connectivity index (χ3n) is 4.92. The zero-order valence-corrected chi connectivity index (χ0v) is 15.5. The van der Waals surface area contributed by atoms with Crippen molar-refractivity contribution in [3.63, 3.8) is 0 Å². The first-order valence-corrected chi connectivity index (χ1v) is 8.80. The van der Waals surface area contributed by atoms with Crippen LogP contribution >= 0.6 is 0 Å². The van der Waals surface area contributed by atoms with E-state index in [0.717, 1.165) is 22.8 Å². The molecule has 1 N–H and O–H groups in total. The van der Waals surface area contributed by atoms with Gasteiger partial charge in [0.15, 0.2) is 0 Å². The second-order valence-electron chi connectivity index (χ2n) is 6.99. The van der Waals surface area contributed by atoms with Crippen molar-refractivity contribution in [3.8, 4) is 0 Å². The summed E-state index contributed by atoms with van der Waals surface area (Å²) < 4.78 is 20.3. The Hall–Kier alpha value is -2.73. The van der Waals surface area contributed by atoms with Crippen LogP contribution in [0.1, 0.15) is 50.4 Å². The molecule has 2 aromatic rings. The van der Waals surface area contributed by atoms with Gasteiger partial charge in [0.1, 0.15) is 11.9 Å². The van der Waals surface area contributed by atoms with E-state index in [0.29, 0.717) is 13.2 Å². The number of hydrogen-bond acceptors (Lipinski definition) is 3. The van der Waals surface area contributed by atoms with E-state index in [1.54, 1.807) is 4.90 Å². The summed E-state index contributed by atoms with van der Waals surface area (Å²) in [5.74, 6) is -2.53. The van der Waals surface area contributed by atoms with Gasteiger partial charge in [-0.1, -0.05) is 23.8 Å². The largest absolute Gasteiger partial charge is 0.478 e. The summed E-state index contributed by atoms with van der Waals surface area (Å²) in [6, 6.07) is 9.22. The van der Waals surface area contributed by atoms with Gasteiger partial charge < -0.3 is 14.7 Å². The number of hydrogen-bond donors (Lipinski definition) is 1. The lowest BCUT2D eigenvalue weighted by molar-refractivity contribution is -0.0490. The number of amides is 1. The molecule has 142 valence electrons. The Morgan fingerprint density at radius 3 is 2.59 bits per heavy atom. The van der Waals surface area contributed by atoms with Gasteiger partial charge in [-0.3, -0.25) is 4.79 Å². The lowest BCUT2D eigenvalue weighted by atomic mass is 9.98. The van der Waals surface area contributed by atoms with Crippen LogP contribution in [0.5, 0.6) is 0 Å². The number of nitrogens with zero attached hydrogens (tertiary/aromatic N) is 1. The number of carboxylic acids is 1. The summed E-state index contributed by atoms with van der Waals surface area (Å²) in [5, 5.41) is 8.96. The molecule has 3 rings (SSSR count). The fourth-order valence-electron chi connectivity index (χ4n) is 3.31. The Morgan fingerprint density at radius 1 is 1.19 bits per heavy atom. The Balaban J connectivity index is 1.87. The van der Waals surface area contributed by atoms with Gasteiger partial charge in [-0.05, 0) is 50.1 Å². The van der Waals surface area contributed by atoms with Crippen LogP contribution in [-0.2, 0) is 4.74 Å². The van der Waals surface area contributed by atoms with E-state index < -0.39 is 17.7 Å². The van der Waals surface area contributed by atoms with Crippen LogP contribution < -0.4 is 0 Å². The number of carbonyl (C=O) groups excluding carboxylic acids is 1. The predicted molar refractivity (Wildman–Crippen MR) is 98.5 cm³/mol. The maximum Gasteiger partial charge on any atom is 0.335 e. The van der Waals surface area contributed by atoms with Crippen LogP contribution in [0, 0.1) is 19.7 Å². The Bertz CT molecular complexity index is 896. The minimum atomic E-state index is -1.23. The van der Waals surface area contributed by atoms with Gasteiger partial charge in [-0.15, -0.1) is 0 Å². The van der Waals surface area contributed by atoms with E-state index in [9.17, 15) is 14.0 Å². The van der Waals surface area contributed by atoms with Crippen molar-refractivity contribution in [3.05, 3.63) is 70.0 Å². The van der Waals surface area contributed by atoms with Crippen molar-refractivity contribution in [1.29, 1.82) is 0 Å². The minimum Gasteiger partial charge on any atom is -0.478 e. The molecule has 0 saturated carbocycles. The standard InChI is InChI=1S/C21H22FNO4/c1-12-4-5-13(2)17(8-12)19-10-23(14(3)11-27-19)20(24)16-7-6-15(21(25)26)9-18(16)22/h4-9,14,19H,10-11H2,1-3H3,(H,25,26). The lowest BCUT2D eigenvalue weighted by Gasteiger charge is -2.38. The predicted octanol–water partition coefficient (Wildman–Crippen LogP) is 3.74. The molecule has 5 nitrogen and oxygen atoms in total. The topological polar surface area (TPSA) is 66.8 Å². The Labute approximate surface area is 157 Å². The van der Waals surface area contributed by atoms with Crippen molar-refractivity contribution in [2.45, 2.75) is 32.9 Å². The SMILES string of the molecule is Cc1ccc(C)c(C2CN(C(=O)c3ccc(C(=O)O)cc3F)C(C)CO2)c1. The highest BCUT2D eigenvalue weighted by Gasteiger charge is 2.33. The van der Waals surface area contributed by atoms with Gasteiger partial charge in [0, 0.05) is 0 Å². The summed E-state index contributed by atoms with van der Waals surface area (Å²) in [6.45, 7) is 6.49. The summed E-state index contributed by atoms with van der Waals surface area (Å²) in [4.78, 5) is 25.5. The number of morpholine rings is 1. The molecule has 0 spiro atoms. The van der Waals surface area contributed by atoms with E-state index in [-0.39, 0.29) is 23.3 Å². The van der Waals surface area contributed by atoms with E-state index in [1.165, 1.54) is 12.1 Å². The van der Waals surface area contributed by atoms with E-state index in [1.807, 2.05) is 39.0 Å². The monoisotopic (exact) mass is 371 g/mol. The van der Waals surface area contributed by atoms with Gasteiger partial charge in [-0.25, -0.2) is 9.18 Å². The highest BCUT2D eigenvalue weighted by molar-refractivity contribution is 5.96. The highest BCUT2D eigenvalue weighted by atomic mass is 19.1. The number of ether oxygens (including phenoxy) is 1. The summed E-state index contributed by atoms with van der Waals surface area (Å²) in [6.07, 6.45) is -0.286. The zero-order valence-electron chi connectivity index (χ0n) is 15.5. The molecule has 2 unspecified atom stereocenters. The summed E-state index contributed by atoms with van der Waals surface area (Å²) >= 11 is 0. The molecule has 1 aliphatic heterocycles. The van der Waals surface area contributed by atoms with Crippen LogP contribution in [0.15, 0.2) is 36.4 Å². The molecule has 0 aliphatic carbocycles. The summed E-state index contributed by atoms with van der Waals surface area (Å²) in [7, 11) is 0. The number of carboxylic acid groups (broad SMARTS) is 1. The van der Waals surface area contributed by atoms with Crippen LogP contribution in [0.3, 0.4) is 0 Å². The molecular formula is C21H22FNO4. The average molecular weight is 371 g/mol. The first-order chi connectivity index (χ1) is 12.8. The minimum absolute atomic E-state index is 0.131. The van der Waals surface area contributed by atoms with Gasteiger partial charge in [0.2, 0.25) is 0 Å². The fraction of sp³-hybridized carbons (Fsp3) is 0.333. The van der Waals surface area contributed by atoms with Crippen LogP contribution in [0.4, 0.5) is 4.39 Å².